The van der Waals surface area contributed by atoms with Gasteiger partial charge in [0, 0.05) is 0 Å². The minimum Gasteiger partial charge on any atom is -0.480 e. The fourth-order valence-electron chi connectivity index (χ4n) is 2.64. The number of hydrogen-bond acceptors (Lipinski definition) is 5. The van der Waals surface area contributed by atoms with Crippen molar-refractivity contribution in [1.29, 1.82) is 0 Å². The Morgan fingerprint density at radius 2 is 1.67 bits per heavy atom. The Bertz CT molecular complexity index is 609. The molecule has 6 N–H and O–H groups in total. The van der Waals surface area contributed by atoms with Gasteiger partial charge in [-0.1, -0.05) is 36.8 Å². The molecule has 0 heterocycles. The Hall–Kier alpha value is -2.45. The number of carboxylic acid groups (broad SMARTS) is 2. The number of rotatable bonds is 13. The van der Waals surface area contributed by atoms with Gasteiger partial charge < -0.3 is 21.3 Å². The van der Waals surface area contributed by atoms with Crippen molar-refractivity contribution >= 4 is 17.8 Å². The van der Waals surface area contributed by atoms with E-state index < -0.39 is 36.0 Å². The third-order valence-electron chi connectivity index (χ3n) is 4.26. The summed E-state index contributed by atoms with van der Waals surface area (Å²) < 4.78 is 0. The van der Waals surface area contributed by atoms with Crippen LogP contribution in [-0.4, -0.2) is 52.7 Å². The Balaban J connectivity index is 2.76. The van der Waals surface area contributed by atoms with E-state index in [1.165, 1.54) is 6.92 Å². The number of carboxylic acids is 2. The molecular weight excluding hydrogens is 350 g/mol. The normalized spacial score (nSPS) is 14.1. The lowest BCUT2D eigenvalue weighted by Crippen LogP contribution is -2.53. The first-order chi connectivity index (χ1) is 12.8. The summed E-state index contributed by atoms with van der Waals surface area (Å²) in [5.74, 6) is -2.72. The minimum absolute atomic E-state index is 0.314. The van der Waals surface area contributed by atoms with Crippen LogP contribution in [0.1, 0.15) is 38.2 Å². The van der Waals surface area contributed by atoms with Crippen molar-refractivity contribution in [1.82, 2.24) is 10.6 Å². The van der Waals surface area contributed by atoms with E-state index in [1.807, 2.05) is 30.3 Å². The summed E-state index contributed by atoms with van der Waals surface area (Å²) in [6, 6.07) is 6.72. The number of carbonyl (C=O) groups is 3. The summed E-state index contributed by atoms with van der Waals surface area (Å²) >= 11 is 0. The van der Waals surface area contributed by atoms with Crippen LogP contribution >= 0.6 is 0 Å². The smallest absolute Gasteiger partial charge is 0.325 e. The summed E-state index contributed by atoms with van der Waals surface area (Å²) in [7, 11) is 0. The number of nitrogens with two attached hydrogens (primary N) is 1. The number of benzene rings is 1. The van der Waals surface area contributed by atoms with Gasteiger partial charge in [-0.2, -0.15) is 0 Å². The van der Waals surface area contributed by atoms with Gasteiger partial charge in [0.2, 0.25) is 5.91 Å². The predicted octanol–water partition coefficient (Wildman–Crippen LogP) is 0.749. The lowest BCUT2D eigenvalue weighted by Gasteiger charge is -2.24. The third-order valence-corrected chi connectivity index (χ3v) is 4.26. The van der Waals surface area contributed by atoms with Crippen LogP contribution in [0.2, 0.25) is 0 Å². The first kappa shape index (κ1) is 22.6. The summed E-state index contributed by atoms with van der Waals surface area (Å²) in [6.45, 7) is 1.83. The molecule has 0 aliphatic rings. The highest BCUT2D eigenvalue weighted by Crippen LogP contribution is 2.09. The number of carbonyl (C=O) groups excluding carboxylic acids is 1. The van der Waals surface area contributed by atoms with Crippen molar-refractivity contribution in [3.8, 4) is 0 Å². The van der Waals surface area contributed by atoms with Gasteiger partial charge in [0.1, 0.15) is 12.1 Å². The second-order valence-corrected chi connectivity index (χ2v) is 6.49. The van der Waals surface area contributed by atoms with Gasteiger partial charge in [-0.3, -0.25) is 19.7 Å². The molecule has 8 nitrogen and oxygen atoms in total. The molecule has 3 unspecified atom stereocenters. The maximum atomic E-state index is 12.4. The van der Waals surface area contributed by atoms with Gasteiger partial charge in [-0.15, -0.1) is 0 Å². The number of hydrogen-bond donors (Lipinski definition) is 5. The van der Waals surface area contributed by atoms with E-state index in [-0.39, 0.29) is 0 Å². The fourth-order valence-corrected chi connectivity index (χ4v) is 2.64. The predicted molar refractivity (Wildman–Crippen MR) is 101 cm³/mol. The summed E-state index contributed by atoms with van der Waals surface area (Å²) in [5.41, 5.74) is 6.49. The molecule has 0 saturated carbocycles. The van der Waals surface area contributed by atoms with Gasteiger partial charge in [0.15, 0.2) is 0 Å². The topological polar surface area (TPSA) is 142 Å². The number of aryl methyl sites for hydroxylation is 1. The van der Waals surface area contributed by atoms with E-state index in [1.54, 1.807) is 0 Å². The van der Waals surface area contributed by atoms with Crippen LogP contribution in [0, 0.1) is 0 Å². The van der Waals surface area contributed by atoms with Gasteiger partial charge in [0.25, 0.3) is 0 Å². The zero-order valence-corrected chi connectivity index (χ0v) is 15.6. The van der Waals surface area contributed by atoms with Crippen LogP contribution in [0.4, 0.5) is 0 Å². The van der Waals surface area contributed by atoms with Crippen LogP contribution in [0.3, 0.4) is 0 Å². The maximum absolute atomic E-state index is 12.4. The molecule has 1 amide bonds. The summed E-state index contributed by atoms with van der Waals surface area (Å²) in [6.07, 6.45) is 2.57. The molecule has 3 atom stereocenters. The van der Waals surface area contributed by atoms with E-state index >= 15 is 0 Å². The highest BCUT2D eigenvalue weighted by molar-refractivity contribution is 5.87. The van der Waals surface area contributed by atoms with Crippen LogP contribution in [0.15, 0.2) is 30.3 Å². The Morgan fingerprint density at radius 3 is 2.22 bits per heavy atom. The van der Waals surface area contributed by atoms with Crippen LogP contribution in [0.25, 0.3) is 0 Å². The third kappa shape index (κ3) is 8.65. The molecule has 27 heavy (non-hydrogen) atoms. The average Bonchev–Trinajstić information content (AvgIpc) is 2.64. The number of amides is 1. The molecule has 0 aliphatic heterocycles. The SMILES string of the molecule is CC(NC(=O)C(CCCCN)NC(CCc1ccccc1)C(=O)O)C(=O)O. The van der Waals surface area contributed by atoms with Gasteiger partial charge in [-0.05, 0) is 44.7 Å². The summed E-state index contributed by atoms with van der Waals surface area (Å²) in [5, 5.41) is 23.8. The second-order valence-electron chi connectivity index (χ2n) is 6.49. The van der Waals surface area contributed by atoms with Gasteiger partial charge >= 0.3 is 11.9 Å². The van der Waals surface area contributed by atoms with Crippen molar-refractivity contribution in [3.63, 3.8) is 0 Å². The lowest BCUT2D eigenvalue weighted by atomic mass is 10.0. The fraction of sp³-hybridized carbons (Fsp3) is 0.526. The van der Waals surface area contributed by atoms with Crippen molar-refractivity contribution in [3.05, 3.63) is 35.9 Å². The largest absolute Gasteiger partial charge is 0.480 e. The molecule has 0 bridgehead atoms. The van der Waals surface area contributed by atoms with Crippen molar-refractivity contribution in [2.24, 2.45) is 5.73 Å². The quantitative estimate of drug-likeness (QED) is 0.318. The van der Waals surface area contributed by atoms with E-state index in [2.05, 4.69) is 10.6 Å². The maximum Gasteiger partial charge on any atom is 0.325 e. The zero-order chi connectivity index (χ0) is 20.2. The average molecular weight is 379 g/mol. The van der Waals surface area contributed by atoms with Crippen LogP contribution in [0.5, 0.6) is 0 Å². The monoisotopic (exact) mass is 379 g/mol. The van der Waals surface area contributed by atoms with Gasteiger partial charge in [0.05, 0.1) is 6.04 Å². The van der Waals surface area contributed by atoms with Crippen molar-refractivity contribution in [2.75, 3.05) is 6.54 Å². The van der Waals surface area contributed by atoms with Gasteiger partial charge in [-0.25, -0.2) is 0 Å². The Labute approximate surface area is 159 Å². The molecule has 1 aromatic rings. The van der Waals surface area contributed by atoms with E-state index in [4.69, 9.17) is 10.8 Å². The Kier molecular flexibility index (Phi) is 10.1. The lowest BCUT2D eigenvalue weighted by molar-refractivity contribution is -0.143. The first-order valence-corrected chi connectivity index (χ1v) is 9.11. The molecule has 0 aromatic heterocycles. The molecule has 0 spiro atoms. The van der Waals surface area contributed by atoms with E-state index in [0.717, 1.165) is 5.56 Å². The molecule has 8 heteroatoms. The van der Waals surface area contributed by atoms with E-state index in [9.17, 15) is 19.5 Å². The summed E-state index contributed by atoms with van der Waals surface area (Å²) in [4.78, 5) is 35.0. The molecule has 0 saturated heterocycles. The molecule has 0 radical (unpaired) electrons. The van der Waals surface area contributed by atoms with E-state index in [0.29, 0.717) is 38.6 Å². The minimum atomic E-state index is -1.15. The number of aliphatic carboxylic acids is 2. The molecule has 1 rings (SSSR count). The number of unbranched alkanes of at least 4 members (excludes halogenated alkanes) is 1. The molecule has 1 aromatic carbocycles. The Morgan fingerprint density at radius 1 is 1.00 bits per heavy atom. The zero-order valence-electron chi connectivity index (χ0n) is 15.6. The standard InChI is InChI=1S/C19H29N3O5/c1-13(18(24)25)21-17(23)15(9-5-6-12-20)22-16(19(26)27)11-10-14-7-3-2-4-8-14/h2-4,7-8,13,15-16,22H,5-6,9-12,20H2,1H3,(H,21,23)(H,24,25)(H,26,27). The second kappa shape index (κ2) is 12.0. The molecular formula is C19H29N3O5. The number of nitrogens with one attached hydrogen (secondary N) is 2. The molecule has 0 fully saturated rings. The highest BCUT2D eigenvalue weighted by atomic mass is 16.4. The van der Waals surface area contributed by atoms with Crippen LogP contribution < -0.4 is 16.4 Å². The van der Waals surface area contributed by atoms with Crippen molar-refractivity contribution in [2.45, 2.75) is 57.2 Å². The first-order valence-electron chi connectivity index (χ1n) is 9.11. The molecule has 0 aliphatic carbocycles. The highest BCUT2D eigenvalue weighted by Gasteiger charge is 2.27. The molecule has 150 valence electrons. The van der Waals surface area contributed by atoms with Crippen molar-refractivity contribution < 1.29 is 24.6 Å². The van der Waals surface area contributed by atoms with Crippen LogP contribution in [-0.2, 0) is 20.8 Å².